The number of thioether (sulfide) groups is 1. The zero-order valence-corrected chi connectivity index (χ0v) is 13.8. The van der Waals surface area contributed by atoms with Gasteiger partial charge in [0.05, 0.1) is 0 Å². The number of fused-ring (bicyclic) bond motifs is 1. The number of hydrogen-bond donors (Lipinski definition) is 1. The topological polar surface area (TPSA) is 12.0 Å². The van der Waals surface area contributed by atoms with Crippen LogP contribution in [0.15, 0.2) is 53.4 Å². The zero-order chi connectivity index (χ0) is 14.7. The van der Waals surface area contributed by atoms with Crippen LogP contribution in [-0.4, -0.2) is 12.3 Å². The lowest BCUT2D eigenvalue weighted by molar-refractivity contribution is 0.472. The molecule has 110 valence electrons. The number of halogens is 1. The minimum absolute atomic E-state index is 0.287. The van der Waals surface area contributed by atoms with Gasteiger partial charge in [0.1, 0.15) is 0 Å². The quantitative estimate of drug-likeness (QED) is 0.806. The van der Waals surface area contributed by atoms with E-state index in [4.69, 9.17) is 11.6 Å². The SMILES string of the molecule is CCCNC(c1ccccc1Cl)C1CSc2ccccc21. The fourth-order valence-electron chi connectivity index (χ4n) is 2.96. The van der Waals surface area contributed by atoms with Crippen LogP contribution >= 0.6 is 23.4 Å². The summed E-state index contributed by atoms with van der Waals surface area (Å²) in [6.07, 6.45) is 1.13. The van der Waals surface area contributed by atoms with Crippen LogP contribution in [0.1, 0.15) is 36.4 Å². The van der Waals surface area contributed by atoms with Crippen LogP contribution in [0.4, 0.5) is 0 Å². The Kier molecular flexibility index (Phi) is 4.89. The maximum Gasteiger partial charge on any atom is 0.0454 e. The largest absolute Gasteiger partial charge is 0.309 e. The first kappa shape index (κ1) is 15.0. The molecule has 0 aliphatic carbocycles. The maximum atomic E-state index is 6.46. The van der Waals surface area contributed by atoms with Crippen molar-refractivity contribution in [2.75, 3.05) is 12.3 Å². The molecule has 1 nitrogen and oxygen atoms in total. The lowest BCUT2D eigenvalue weighted by atomic mass is 9.88. The van der Waals surface area contributed by atoms with Crippen LogP contribution in [0.2, 0.25) is 5.02 Å². The van der Waals surface area contributed by atoms with Gasteiger partial charge in [0, 0.05) is 27.6 Å². The number of rotatable bonds is 5. The fourth-order valence-corrected chi connectivity index (χ4v) is 4.50. The third-order valence-corrected chi connectivity index (χ3v) is 5.55. The molecule has 0 saturated carbocycles. The highest BCUT2D eigenvalue weighted by atomic mass is 35.5. The van der Waals surface area contributed by atoms with Crippen LogP contribution < -0.4 is 5.32 Å². The normalized spacial score (nSPS) is 18.5. The standard InChI is InChI=1S/C18H20ClNS/c1-2-11-20-18(14-8-3-5-9-16(14)19)15-12-21-17-10-6-4-7-13(15)17/h3-10,15,18,20H,2,11-12H2,1H3. The zero-order valence-electron chi connectivity index (χ0n) is 12.2. The van der Waals surface area contributed by atoms with Gasteiger partial charge in [-0.25, -0.2) is 0 Å². The summed E-state index contributed by atoms with van der Waals surface area (Å²) < 4.78 is 0. The van der Waals surface area contributed by atoms with E-state index >= 15 is 0 Å². The summed E-state index contributed by atoms with van der Waals surface area (Å²) in [5, 5.41) is 4.57. The van der Waals surface area contributed by atoms with E-state index in [-0.39, 0.29) is 6.04 Å². The molecule has 2 aromatic rings. The van der Waals surface area contributed by atoms with Gasteiger partial charge in [-0.2, -0.15) is 0 Å². The highest BCUT2D eigenvalue weighted by molar-refractivity contribution is 7.99. The van der Waals surface area contributed by atoms with Crippen LogP contribution in [0.3, 0.4) is 0 Å². The van der Waals surface area contributed by atoms with Crippen molar-refractivity contribution < 1.29 is 0 Å². The van der Waals surface area contributed by atoms with E-state index in [0.29, 0.717) is 5.92 Å². The maximum absolute atomic E-state index is 6.46. The van der Waals surface area contributed by atoms with Crippen LogP contribution in [-0.2, 0) is 0 Å². The molecule has 1 heterocycles. The minimum atomic E-state index is 0.287. The molecule has 1 N–H and O–H groups in total. The minimum Gasteiger partial charge on any atom is -0.309 e. The first-order chi connectivity index (χ1) is 10.3. The van der Waals surface area contributed by atoms with Crippen molar-refractivity contribution in [2.45, 2.75) is 30.2 Å². The van der Waals surface area contributed by atoms with Gasteiger partial charge in [0.2, 0.25) is 0 Å². The summed E-state index contributed by atoms with van der Waals surface area (Å²) in [6.45, 7) is 3.22. The molecule has 1 aliphatic rings. The van der Waals surface area contributed by atoms with Gasteiger partial charge in [-0.15, -0.1) is 11.8 Å². The smallest absolute Gasteiger partial charge is 0.0454 e. The van der Waals surface area contributed by atoms with Gasteiger partial charge in [0.15, 0.2) is 0 Å². The molecule has 2 unspecified atom stereocenters. The van der Waals surface area contributed by atoms with Crippen molar-refractivity contribution >= 4 is 23.4 Å². The van der Waals surface area contributed by atoms with Gasteiger partial charge in [0.25, 0.3) is 0 Å². The Balaban J connectivity index is 1.96. The average molecular weight is 318 g/mol. The molecule has 2 atom stereocenters. The molecule has 3 rings (SSSR count). The molecule has 0 amide bonds. The predicted octanol–water partition coefficient (Wildman–Crippen LogP) is 5.27. The van der Waals surface area contributed by atoms with Gasteiger partial charge < -0.3 is 5.32 Å². The average Bonchev–Trinajstić information content (AvgIpc) is 2.93. The summed E-state index contributed by atoms with van der Waals surface area (Å²) in [5.74, 6) is 1.60. The molecular weight excluding hydrogens is 298 g/mol. The van der Waals surface area contributed by atoms with Gasteiger partial charge in [-0.1, -0.05) is 54.9 Å². The van der Waals surface area contributed by atoms with Crippen molar-refractivity contribution in [3.05, 3.63) is 64.7 Å². The second-order valence-electron chi connectivity index (χ2n) is 5.41. The molecule has 0 fully saturated rings. The van der Waals surface area contributed by atoms with Gasteiger partial charge in [-0.3, -0.25) is 0 Å². The van der Waals surface area contributed by atoms with Crippen LogP contribution in [0.25, 0.3) is 0 Å². The van der Waals surface area contributed by atoms with Gasteiger partial charge >= 0.3 is 0 Å². The Morgan fingerprint density at radius 3 is 2.76 bits per heavy atom. The van der Waals surface area contributed by atoms with Crippen molar-refractivity contribution in [1.82, 2.24) is 5.32 Å². The number of nitrogens with one attached hydrogen (secondary N) is 1. The molecular formula is C18H20ClNS. The monoisotopic (exact) mass is 317 g/mol. The first-order valence-electron chi connectivity index (χ1n) is 7.50. The molecule has 0 saturated heterocycles. The summed E-state index contributed by atoms with van der Waals surface area (Å²) >= 11 is 8.41. The molecule has 2 aromatic carbocycles. The Morgan fingerprint density at radius 1 is 1.19 bits per heavy atom. The first-order valence-corrected chi connectivity index (χ1v) is 8.87. The van der Waals surface area contributed by atoms with Gasteiger partial charge in [-0.05, 0) is 36.2 Å². The Hall–Kier alpha value is -0.960. The summed E-state index contributed by atoms with van der Waals surface area (Å²) in [7, 11) is 0. The molecule has 0 aromatic heterocycles. The molecule has 3 heteroatoms. The third-order valence-electron chi connectivity index (χ3n) is 3.99. The second kappa shape index (κ2) is 6.87. The predicted molar refractivity (Wildman–Crippen MR) is 92.4 cm³/mol. The number of hydrogen-bond acceptors (Lipinski definition) is 2. The van der Waals surface area contributed by atoms with E-state index in [0.717, 1.165) is 23.7 Å². The Morgan fingerprint density at radius 2 is 1.95 bits per heavy atom. The van der Waals surface area contributed by atoms with E-state index in [1.54, 1.807) is 0 Å². The van der Waals surface area contributed by atoms with E-state index in [2.05, 4.69) is 48.6 Å². The molecule has 0 spiro atoms. The van der Waals surface area contributed by atoms with Crippen molar-refractivity contribution in [2.24, 2.45) is 0 Å². The molecule has 1 aliphatic heterocycles. The summed E-state index contributed by atoms with van der Waals surface area (Å²) in [5.41, 5.74) is 2.67. The summed E-state index contributed by atoms with van der Waals surface area (Å²) in [4.78, 5) is 1.41. The third kappa shape index (κ3) is 3.13. The van der Waals surface area contributed by atoms with Crippen molar-refractivity contribution in [3.8, 4) is 0 Å². The van der Waals surface area contributed by atoms with Crippen molar-refractivity contribution in [3.63, 3.8) is 0 Å². The number of benzene rings is 2. The van der Waals surface area contributed by atoms with Crippen LogP contribution in [0.5, 0.6) is 0 Å². The lowest BCUT2D eigenvalue weighted by Gasteiger charge is -2.26. The van der Waals surface area contributed by atoms with E-state index in [1.165, 1.54) is 16.0 Å². The lowest BCUT2D eigenvalue weighted by Crippen LogP contribution is -2.28. The van der Waals surface area contributed by atoms with E-state index < -0.39 is 0 Å². The highest BCUT2D eigenvalue weighted by Crippen LogP contribution is 2.46. The highest BCUT2D eigenvalue weighted by Gasteiger charge is 2.31. The fraction of sp³-hybridized carbons (Fsp3) is 0.333. The summed E-state index contributed by atoms with van der Waals surface area (Å²) in [6, 6.07) is 17.3. The molecule has 21 heavy (non-hydrogen) atoms. The van der Waals surface area contributed by atoms with Crippen molar-refractivity contribution in [1.29, 1.82) is 0 Å². The molecule has 0 bridgehead atoms. The molecule has 0 radical (unpaired) electrons. The van der Waals surface area contributed by atoms with E-state index in [1.807, 2.05) is 23.9 Å². The second-order valence-corrected chi connectivity index (χ2v) is 6.88. The Labute approximate surface area is 136 Å². The van der Waals surface area contributed by atoms with Crippen LogP contribution in [0, 0.1) is 0 Å². The Bertz CT molecular complexity index is 614. The van der Waals surface area contributed by atoms with E-state index in [9.17, 15) is 0 Å².